The highest BCUT2D eigenvalue weighted by Crippen LogP contribution is 2.21. The Kier molecular flexibility index (Phi) is 3.28. The van der Waals surface area contributed by atoms with Crippen molar-refractivity contribution in [3.63, 3.8) is 0 Å². The van der Waals surface area contributed by atoms with Crippen LogP contribution in [0.1, 0.15) is 5.56 Å². The lowest BCUT2D eigenvalue weighted by atomic mass is 10.2. The second-order valence-electron chi connectivity index (χ2n) is 3.21. The van der Waals surface area contributed by atoms with Crippen molar-refractivity contribution in [2.45, 2.75) is 18.2 Å². The maximum absolute atomic E-state index is 12.0. The molecular formula is C9H11F2NO2S. The van der Waals surface area contributed by atoms with Crippen molar-refractivity contribution < 1.29 is 17.2 Å². The smallest absolute Gasteiger partial charge is 0.252 e. The van der Waals surface area contributed by atoms with E-state index >= 15 is 0 Å². The minimum Gasteiger partial charge on any atom is -0.398 e. The number of anilines is 1. The molecule has 0 aliphatic rings. The first-order chi connectivity index (χ1) is 6.83. The summed E-state index contributed by atoms with van der Waals surface area (Å²) in [7, 11) is -3.98. The molecule has 0 saturated heterocycles. The minimum absolute atomic E-state index is 0.00986. The Morgan fingerprint density at radius 1 is 1.40 bits per heavy atom. The second-order valence-corrected chi connectivity index (χ2v) is 5.22. The van der Waals surface area contributed by atoms with E-state index in [1.54, 1.807) is 6.92 Å². The zero-order valence-corrected chi connectivity index (χ0v) is 8.89. The summed E-state index contributed by atoms with van der Waals surface area (Å²) in [6.07, 6.45) is -2.89. The standard InChI is InChI=1S/C9H11F2NO2S/c1-6-2-3-8(7(12)4-6)15(13,14)5-9(10)11/h2-4,9H,5,12H2,1H3. The van der Waals surface area contributed by atoms with Crippen LogP contribution in [0, 0.1) is 6.92 Å². The van der Waals surface area contributed by atoms with Gasteiger partial charge in [-0.3, -0.25) is 0 Å². The molecule has 0 atom stereocenters. The van der Waals surface area contributed by atoms with Crippen LogP contribution in [0.5, 0.6) is 0 Å². The molecule has 3 nitrogen and oxygen atoms in total. The van der Waals surface area contributed by atoms with Crippen LogP contribution in [-0.4, -0.2) is 20.6 Å². The van der Waals surface area contributed by atoms with Gasteiger partial charge in [0.25, 0.3) is 6.43 Å². The van der Waals surface area contributed by atoms with Crippen LogP contribution >= 0.6 is 0 Å². The molecule has 0 aliphatic carbocycles. The van der Waals surface area contributed by atoms with Crippen molar-refractivity contribution in [2.75, 3.05) is 11.5 Å². The molecule has 1 aromatic carbocycles. The third-order valence-electron chi connectivity index (χ3n) is 1.85. The predicted octanol–water partition coefficient (Wildman–Crippen LogP) is 1.62. The summed E-state index contributed by atoms with van der Waals surface area (Å²) in [5.74, 6) is -1.19. The number of hydrogen-bond acceptors (Lipinski definition) is 3. The van der Waals surface area contributed by atoms with E-state index < -0.39 is 22.0 Å². The van der Waals surface area contributed by atoms with Crippen LogP contribution in [0.25, 0.3) is 0 Å². The van der Waals surface area contributed by atoms with Gasteiger partial charge in [0.1, 0.15) is 5.75 Å². The molecule has 15 heavy (non-hydrogen) atoms. The molecule has 6 heteroatoms. The summed E-state index contributed by atoms with van der Waals surface area (Å²) in [5, 5.41) is 0. The quantitative estimate of drug-likeness (QED) is 0.810. The number of benzene rings is 1. The van der Waals surface area contributed by atoms with Gasteiger partial charge >= 0.3 is 0 Å². The molecule has 1 rings (SSSR count). The summed E-state index contributed by atoms with van der Waals surface area (Å²) < 4.78 is 46.8. The summed E-state index contributed by atoms with van der Waals surface area (Å²) in [5.41, 5.74) is 6.25. The lowest BCUT2D eigenvalue weighted by Crippen LogP contribution is -2.15. The van der Waals surface area contributed by atoms with Gasteiger partial charge in [-0.2, -0.15) is 0 Å². The molecule has 0 amide bonds. The van der Waals surface area contributed by atoms with Crippen LogP contribution in [0.2, 0.25) is 0 Å². The lowest BCUT2D eigenvalue weighted by Gasteiger charge is -2.07. The van der Waals surface area contributed by atoms with Crippen LogP contribution in [0.15, 0.2) is 23.1 Å². The van der Waals surface area contributed by atoms with E-state index in [0.29, 0.717) is 0 Å². The SMILES string of the molecule is Cc1ccc(S(=O)(=O)CC(F)F)c(N)c1. The van der Waals surface area contributed by atoms with Gasteiger partial charge < -0.3 is 5.73 Å². The zero-order valence-electron chi connectivity index (χ0n) is 8.07. The van der Waals surface area contributed by atoms with Gasteiger partial charge in [0.05, 0.1) is 10.6 Å². The van der Waals surface area contributed by atoms with E-state index in [1.165, 1.54) is 18.2 Å². The number of sulfone groups is 1. The molecule has 0 radical (unpaired) electrons. The molecule has 0 fully saturated rings. The molecule has 1 aromatic rings. The number of halogens is 2. The van der Waals surface area contributed by atoms with Crippen LogP contribution in [0.3, 0.4) is 0 Å². The van der Waals surface area contributed by atoms with Gasteiger partial charge in [-0.25, -0.2) is 17.2 Å². The lowest BCUT2D eigenvalue weighted by molar-refractivity contribution is 0.174. The average Bonchev–Trinajstić information content (AvgIpc) is 1.99. The van der Waals surface area contributed by atoms with Crippen molar-refractivity contribution in [1.82, 2.24) is 0 Å². The molecular weight excluding hydrogens is 224 g/mol. The number of aryl methyl sites for hydroxylation is 1. The number of rotatable bonds is 3. The number of hydrogen-bond donors (Lipinski definition) is 1. The normalized spacial score (nSPS) is 12.0. The number of nitrogen functional groups attached to an aromatic ring is 1. The molecule has 0 heterocycles. The predicted molar refractivity (Wildman–Crippen MR) is 53.6 cm³/mol. The molecule has 0 saturated carbocycles. The Morgan fingerprint density at radius 3 is 2.47 bits per heavy atom. The highest BCUT2D eigenvalue weighted by Gasteiger charge is 2.22. The van der Waals surface area contributed by atoms with Gasteiger partial charge in [0.2, 0.25) is 0 Å². The molecule has 84 valence electrons. The van der Waals surface area contributed by atoms with Crippen molar-refractivity contribution >= 4 is 15.5 Å². The zero-order chi connectivity index (χ0) is 11.6. The first-order valence-electron chi connectivity index (χ1n) is 4.20. The summed E-state index contributed by atoms with van der Waals surface area (Å²) in [6, 6.07) is 4.22. The molecule has 0 bridgehead atoms. The summed E-state index contributed by atoms with van der Waals surface area (Å²) in [4.78, 5) is -0.228. The fourth-order valence-electron chi connectivity index (χ4n) is 1.21. The van der Waals surface area contributed by atoms with Gasteiger partial charge in [-0.1, -0.05) is 6.07 Å². The van der Waals surface area contributed by atoms with Gasteiger partial charge in [0, 0.05) is 0 Å². The Labute approximate surface area is 86.8 Å². The van der Waals surface area contributed by atoms with Crippen LogP contribution < -0.4 is 5.73 Å². The topological polar surface area (TPSA) is 60.2 Å². The maximum Gasteiger partial charge on any atom is 0.252 e. The van der Waals surface area contributed by atoms with E-state index in [2.05, 4.69) is 0 Å². The van der Waals surface area contributed by atoms with Crippen molar-refractivity contribution in [3.05, 3.63) is 23.8 Å². The highest BCUT2D eigenvalue weighted by molar-refractivity contribution is 7.91. The number of alkyl halides is 2. The van der Waals surface area contributed by atoms with E-state index in [4.69, 9.17) is 5.73 Å². The molecule has 0 spiro atoms. The Hall–Kier alpha value is -1.17. The third kappa shape index (κ3) is 2.89. The van der Waals surface area contributed by atoms with Crippen molar-refractivity contribution in [2.24, 2.45) is 0 Å². The second kappa shape index (κ2) is 4.14. The Morgan fingerprint density at radius 2 is 2.00 bits per heavy atom. The molecule has 0 aromatic heterocycles. The summed E-state index contributed by atoms with van der Waals surface area (Å²) >= 11 is 0. The Bertz CT molecular complexity index is 457. The van der Waals surface area contributed by atoms with Crippen LogP contribution in [0.4, 0.5) is 14.5 Å². The largest absolute Gasteiger partial charge is 0.398 e. The van der Waals surface area contributed by atoms with E-state index in [-0.39, 0.29) is 10.6 Å². The first kappa shape index (κ1) is 11.9. The fourth-order valence-corrected chi connectivity index (χ4v) is 2.41. The molecule has 0 aliphatic heterocycles. The van der Waals surface area contributed by atoms with Gasteiger partial charge in [-0.15, -0.1) is 0 Å². The average molecular weight is 235 g/mol. The van der Waals surface area contributed by atoms with Crippen molar-refractivity contribution in [1.29, 1.82) is 0 Å². The van der Waals surface area contributed by atoms with Gasteiger partial charge in [-0.05, 0) is 24.6 Å². The van der Waals surface area contributed by atoms with E-state index in [1.807, 2.05) is 0 Å². The molecule has 0 unspecified atom stereocenters. The van der Waals surface area contributed by atoms with Crippen LogP contribution in [-0.2, 0) is 9.84 Å². The van der Waals surface area contributed by atoms with E-state index in [0.717, 1.165) is 5.56 Å². The monoisotopic (exact) mass is 235 g/mol. The Balaban J connectivity index is 3.16. The molecule has 2 N–H and O–H groups in total. The highest BCUT2D eigenvalue weighted by atomic mass is 32.2. The number of nitrogens with two attached hydrogens (primary N) is 1. The first-order valence-corrected chi connectivity index (χ1v) is 5.85. The summed E-state index contributed by atoms with van der Waals surface area (Å²) in [6.45, 7) is 1.74. The maximum atomic E-state index is 12.0. The minimum atomic E-state index is -3.98. The van der Waals surface area contributed by atoms with Crippen molar-refractivity contribution in [3.8, 4) is 0 Å². The van der Waals surface area contributed by atoms with E-state index in [9.17, 15) is 17.2 Å². The third-order valence-corrected chi connectivity index (χ3v) is 3.58. The van der Waals surface area contributed by atoms with Gasteiger partial charge in [0.15, 0.2) is 9.84 Å². The fraction of sp³-hybridized carbons (Fsp3) is 0.333.